The minimum absolute atomic E-state index is 0. The second-order valence-corrected chi connectivity index (χ2v) is 0. The van der Waals surface area contributed by atoms with Gasteiger partial charge in [-0.15, -0.1) is 0 Å². The zero-order chi connectivity index (χ0) is 0. The Labute approximate surface area is 69.9 Å². The topological polar surface area (TPSA) is 0 Å². The van der Waals surface area contributed by atoms with E-state index in [4.69, 9.17) is 0 Å². The van der Waals surface area contributed by atoms with Crippen LogP contribution >= 0.6 is 0 Å². The fourth-order valence-electron chi connectivity index (χ4n) is 0. The van der Waals surface area contributed by atoms with E-state index in [1.807, 2.05) is 0 Å². The van der Waals surface area contributed by atoms with Gasteiger partial charge in [0.2, 0.25) is 0 Å². The summed E-state index contributed by atoms with van der Waals surface area (Å²) in [5, 5.41) is 0. The van der Waals surface area contributed by atoms with E-state index in [9.17, 15) is 0 Å². The SMILES string of the molecule is C.F.[Ce].[Fe]. The van der Waals surface area contributed by atoms with Gasteiger partial charge in [-0.1, -0.05) is 7.43 Å². The molecule has 0 radical (unpaired) electrons. The van der Waals surface area contributed by atoms with Crippen LogP contribution in [-0.2, 0) is 17.1 Å². The third-order valence-corrected chi connectivity index (χ3v) is 0. The van der Waals surface area contributed by atoms with Crippen molar-refractivity contribution in [1.29, 1.82) is 0 Å². The first-order chi connectivity index (χ1) is 0. The van der Waals surface area contributed by atoms with Crippen LogP contribution in [0.3, 0.4) is 0 Å². The summed E-state index contributed by atoms with van der Waals surface area (Å²) in [5.41, 5.74) is 0. The molecule has 0 saturated heterocycles. The molecule has 0 aliphatic heterocycles. The van der Waals surface area contributed by atoms with Crippen LogP contribution in [0.2, 0.25) is 0 Å². The fraction of sp³-hybridized carbons (Fsp3) is 1.00. The number of hydrogen-bond donors (Lipinski definition) is 0. The van der Waals surface area contributed by atoms with Crippen molar-refractivity contribution in [1.82, 2.24) is 0 Å². The maximum Gasteiger partial charge on any atom is 0 e. The van der Waals surface area contributed by atoms with Crippen molar-refractivity contribution in [3.63, 3.8) is 0 Å². The Morgan fingerprint density at radius 2 is 1.00 bits per heavy atom. The summed E-state index contributed by atoms with van der Waals surface area (Å²) in [7, 11) is 0. The molecular formula is CH5CeFFe. The van der Waals surface area contributed by atoms with E-state index in [0.29, 0.717) is 0 Å². The third kappa shape index (κ3) is 9.16. The third-order valence-electron chi connectivity index (χ3n) is 0. The Morgan fingerprint density at radius 3 is 1.00 bits per heavy atom. The zero-order valence-electron chi connectivity index (χ0n) is 1.26. The van der Waals surface area contributed by atoms with Crippen LogP contribution < -0.4 is 0 Å². The van der Waals surface area contributed by atoms with Crippen molar-refractivity contribution in [3.8, 4) is 0 Å². The molecule has 0 heterocycles. The summed E-state index contributed by atoms with van der Waals surface area (Å²) in [5.74, 6) is 0. The monoisotopic (exact) mass is 232 g/mol. The van der Waals surface area contributed by atoms with Crippen molar-refractivity contribution in [3.05, 3.63) is 0 Å². The summed E-state index contributed by atoms with van der Waals surface area (Å²) in [6, 6.07) is 0. The first kappa shape index (κ1) is 40.7. The predicted molar refractivity (Wildman–Crippen MR) is 9.23 cm³/mol. The standard InChI is InChI=1S/CH4.Ce.FH.Fe/h1H4;;1H;. The number of halogens is 1. The second-order valence-electron chi connectivity index (χ2n) is 0. The van der Waals surface area contributed by atoms with Crippen LogP contribution in [0.15, 0.2) is 0 Å². The van der Waals surface area contributed by atoms with Crippen LogP contribution in [-0.4, -0.2) is 0 Å². The van der Waals surface area contributed by atoms with E-state index in [1.54, 1.807) is 0 Å². The van der Waals surface area contributed by atoms with Gasteiger partial charge < -0.3 is 0 Å². The molecule has 0 nitrogen and oxygen atoms in total. The van der Waals surface area contributed by atoms with Crippen molar-refractivity contribution in [2.75, 3.05) is 0 Å². The fourth-order valence-corrected chi connectivity index (χ4v) is 0. The maximum atomic E-state index is 0. The Bertz CT molecular complexity index is 8.00. The Hall–Kier alpha value is 1.83. The van der Waals surface area contributed by atoms with E-state index in [-0.39, 0.29) is 70.9 Å². The minimum Gasteiger partial charge on any atom is -0.269 e. The molecule has 0 aliphatic rings. The van der Waals surface area contributed by atoms with E-state index >= 15 is 0 Å². The maximum absolute atomic E-state index is 0. The Balaban J connectivity index is 0. The van der Waals surface area contributed by atoms with Crippen molar-refractivity contribution in [2.45, 2.75) is 7.43 Å². The molecule has 0 aliphatic carbocycles. The molecule has 0 aromatic rings. The largest absolute Gasteiger partial charge is 0.269 e. The molecule has 0 amide bonds. The average Bonchev–Trinajstić information content (AvgIpc) is 0. The molecule has 3 heteroatoms. The molecule has 0 spiro atoms. The molecule has 0 saturated carbocycles. The van der Waals surface area contributed by atoms with Gasteiger partial charge >= 0.3 is 0 Å². The molecule has 0 unspecified atom stereocenters. The van der Waals surface area contributed by atoms with E-state index in [2.05, 4.69) is 0 Å². The minimum atomic E-state index is 0. The van der Waals surface area contributed by atoms with Gasteiger partial charge in [-0.25, -0.2) is 0 Å². The van der Waals surface area contributed by atoms with Crippen LogP contribution in [0.25, 0.3) is 0 Å². The van der Waals surface area contributed by atoms with Gasteiger partial charge in [-0.05, 0) is 0 Å². The van der Waals surface area contributed by atoms with Gasteiger partial charge in [0, 0.05) is 58.8 Å². The van der Waals surface area contributed by atoms with Crippen molar-refractivity contribution in [2.24, 2.45) is 0 Å². The normalized spacial score (nSPS) is 0. The molecule has 28 valence electrons. The Kier molecular flexibility index (Phi) is 216. The van der Waals surface area contributed by atoms with Crippen molar-refractivity contribution >= 4 is 0 Å². The molecule has 4 heavy (non-hydrogen) atoms. The van der Waals surface area contributed by atoms with E-state index in [0.717, 1.165) is 0 Å². The van der Waals surface area contributed by atoms with Gasteiger partial charge in [0.15, 0.2) is 0 Å². The summed E-state index contributed by atoms with van der Waals surface area (Å²) >= 11 is 0. The molecule has 0 rings (SSSR count). The molecule has 0 fully saturated rings. The molecule has 0 aromatic heterocycles. The van der Waals surface area contributed by atoms with Crippen LogP contribution in [0.1, 0.15) is 7.43 Å². The molecular weight excluding hydrogens is 227 g/mol. The quantitative estimate of drug-likeness (QED) is 0.541. The summed E-state index contributed by atoms with van der Waals surface area (Å²) in [6.07, 6.45) is 0. The smallest absolute Gasteiger partial charge is 0 e. The molecule has 0 N–H and O–H groups in total. The van der Waals surface area contributed by atoms with Gasteiger partial charge in [0.1, 0.15) is 0 Å². The molecule has 0 bridgehead atoms. The molecule has 0 atom stereocenters. The van der Waals surface area contributed by atoms with Gasteiger partial charge in [0.05, 0.1) is 0 Å². The van der Waals surface area contributed by atoms with Crippen molar-refractivity contribution < 1.29 is 63.5 Å². The van der Waals surface area contributed by atoms with Crippen LogP contribution in [0.5, 0.6) is 0 Å². The zero-order valence-corrected chi connectivity index (χ0v) is 5.51. The van der Waals surface area contributed by atoms with Crippen LogP contribution in [0, 0.1) is 41.7 Å². The van der Waals surface area contributed by atoms with Gasteiger partial charge in [-0.2, -0.15) is 0 Å². The summed E-state index contributed by atoms with van der Waals surface area (Å²) in [4.78, 5) is 0. The first-order valence-corrected chi connectivity index (χ1v) is 0. The molecule has 0 aromatic carbocycles. The average molecular weight is 232 g/mol. The summed E-state index contributed by atoms with van der Waals surface area (Å²) < 4.78 is 0. The van der Waals surface area contributed by atoms with E-state index < -0.39 is 0 Å². The van der Waals surface area contributed by atoms with E-state index in [1.165, 1.54) is 0 Å². The predicted octanol–water partition coefficient (Wildman–Crippen LogP) is 0.786. The summed E-state index contributed by atoms with van der Waals surface area (Å²) in [6.45, 7) is 0. The number of hydrogen-bond acceptors (Lipinski definition) is 0. The first-order valence-electron chi connectivity index (χ1n) is 0. The van der Waals surface area contributed by atoms with Gasteiger partial charge in [-0.3, -0.25) is 4.70 Å². The van der Waals surface area contributed by atoms with Gasteiger partial charge in [0.25, 0.3) is 0 Å². The van der Waals surface area contributed by atoms with Crippen LogP contribution in [0.4, 0.5) is 4.70 Å². The Morgan fingerprint density at radius 1 is 1.00 bits per heavy atom. The second kappa shape index (κ2) is 21.2. The number of rotatable bonds is 0.